The minimum absolute atomic E-state index is 0.0666. The van der Waals surface area contributed by atoms with Crippen molar-refractivity contribution in [3.05, 3.63) is 51.6 Å². The van der Waals surface area contributed by atoms with Crippen LogP contribution in [-0.4, -0.2) is 38.1 Å². The number of carbonyl (C=O) groups is 2. The Morgan fingerprint density at radius 3 is 2.28 bits per heavy atom. The van der Waals surface area contributed by atoms with Crippen LogP contribution < -0.4 is 5.32 Å². The molecule has 1 unspecified atom stereocenters. The van der Waals surface area contributed by atoms with Crippen LogP contribution in [0, 0.1) is 5.82 Å². The molecule has 176 valence electrons. The SMILES string of the molecule is COC(=O)C1=C(CF)NC(C)=C(C(=O)OC(C)C)C1c1c(F)ccc(SC)c1C(F)(F)F. The monoisotopic (exact) mass is 479 g/mol. The second-order valence-electron chi connectivity index (χ2n) is 7.10. The van der Waals surface area contributed by atoms with E-state index in [1.165, 1.54) is 27.0 Å². The first-order chi connectivity index (χ1) is 14.9. The molecule has 0 aromatic heterocycles. The van der Waals surface area contributed by atoms with Gasteiger partial charge in [0.1, 0.15) is 12.5 Å². The van der Waals surface area contributed by atoms with Crippen LogP contribution in [0.2, 0.25) is 0 Å². The molecule has 0 saturated heterocycles. The number of allylic oxidation sites excluding steroid dienone is 2. The molecule has 0 amide bonds. The van der Waals surface area contributed by atoms with Gasteiger partial charge in [-0.25, -0.2) is 18.4 Å². The standard InChI is InChI=1S/C21H22F5NO4S/c1-9(2)31-20(29)14-10(3)27-12(8-22)16(19(28)30-4)17(14)15-11(23)6-7-13(32-5)18(15)21(24,25)26/h6-7,9,17,27H,8H2,1-5H3. The van der Waals surface area contributed by atoms with Crippen LogP contribution in [0.4, 0.5) is 22.0 Å². The fourth-order valence-corrected chi connectivity index (χ4v) is 4.14. The van der Waals surface area contributed by atoms with Crippen molar-refractivity contribution in [2.24, 2.45) is 0 Å². The Morgan fingerprint density at radius 1 is 1.19 bits per heavy atom. The highest BCUT2D eigenvalue weighted by Crippen LogP contribution is 2.48. The lowest BCUT2D eigenvalue weighted by molar-refractivity contribution is -0.144. The molecule has 1 aliphatic heterocycles. The molecule has 0 radical (unpaired) electrons. The second kappa shape index (κ2) is 9.93. The van der Waals surface area contributed by atoms with E-state index in [0.717, 1.165) is 19.2 Å². The average Bonchev–Trinajstić information content (AvgIpc) is 2.70. The summed E-state index contributed by atoms with van der Waals surface area (Å²) in [6.07, 6.45) is -4.34. The largest absolute Gasteiger partial charge is 0.466 e. The second-order valence-corrected chi connectivity index (χ2v) is 7.95. The molecule has 0 saturated carbocycles. The molecular weight excluding hydrogens is 457 g/mol. The van der Waals surface area contributed by atoms with Crippen LogP contribution in [-0.2, 0) is 25.2 Å². The smallest absolute Gasteiger partial charge is 0.417 e. The summed E-state index contributed by atoms with van der Waals surface area (Å²) in [6.45, 7) is 3.03. The minimum Gasteiger partial charge on any atom is -0.466 e. The maximum atomic E-state index is 15.1. The quantitative estimate of drug-likeness (QED) is 0.357. The maximum Gasteiger partial charge on any atom is 0.417 e. The van der Waals surface area contributed by atoms with Gasteiger partial charge in [0.05, 0.1) is 41.5 Å². The molecule has 32 heavy (non-hydrogen) atoms. The van der Waals surface area contributed by atoms with Crippen molar-refractivity contribution in [1.29, 1.82) is 0 Å². The van der Waals surface area contributed by atoms with Gasteiger partial charge in [0.2, 0.25) is 0 Å². The average molecular weight is 479 g/mol. The van der Waals surface area contributed by atoms with Gasteiger partial charge >= 0.3 is 18.1 Å². The number of dihydropyridines is 1. The zero-order valence-electron chi connectivity index (χ0n) is 17.9. The van der Waals surface area contributed by atoms with Gasteiger partial charge in [-0.05, 0) is 39.2 Å². The van der Waals surface area contributed by atoms with Gasteiger partial charge in [-0.15, -0.1) is 11.8 Å². The van der Waals surface area contributed by atoms with E-state index in [4.69, 9.17) is 4.74 Å². The maximum absolute atomic E-state index is 15.1. The minimum atomic E-state index is -5.04. The van der Waals surface area contributed by atoms with Gasteiger partial charge < -0.3 is 14.8 Å². The number of nitrogens with one attached hydrogen (secondary N) is 1. The van der Waals surface area contributed by atoms with Crippen molar-refractivity contribution < 1.29 is 41.0 Å². The van der Waals surface area contributed by atoms with Gasteiger partial charge in [0.25, 0.3) is 0 Å². The van der Waals surface area contributed by atoms with Gasteiger partial charge in [-0.2, -0.15) is 13.2 Å². The predicted octanol–water partition coefficient (Wildman–Crippen LogP) is 4.88. The van der Waals surface area contributed by atoms with E-state index in [1.54, 1.807) is 0 Å². The van der Waals surface area contributed by atoms with Crippen LogP contribution in [0.1, 0.15) is 37.8 Å². The third-order valence-corrected chi connectivity index (χ3v) is 5.47. The lowest BCUT2D eigenvalue weighted by atomic mass is 9.78. The lowest BCUT2D eigenvalue weighted by Gasteiger charge is -2.32. The van der Waals surface area contributed by atoms with Gasteiger partial charge in [-0.3, -0.25) is 0 Å². The zero-order valence-corrected chi connectivity index (χ0v) is 18.8. The molecule has 1 aliphatic rings. The van der Waals surface area contributed by atoms with E-state index in [2.05, 4.69) is 10.1 Å². The van der Waals surface area contributed by atoms with Crippen molar-refractivity contribution in [2.75, 3.05) is 20.0 Å². The van der Waals surface area contributed by atoms with Crippen LogP contribution >= 0.6 is 11.8 Å². The summed E-state index contributed by atoms with van der Waals surface area (Å²) in [7, 11) is 0.943. The molecule has 0 fully saturated rings. The van der Waals surface area contributed by atoms with Gasteiger partial charge in [-0.1, -0.05) is 0 Å². The zero-order chi connectivity index (χ0) is 24.4. The molecule has 2 rings (SSSR count). The highest BCUT2D eigenvalue weighted by Gasteiger charge is 2.46. The Morgan fingerprint density at radius 2 is 1.81 bits per heavy atom. The highest BCUT2D eigenvalue weighted by molar-refractivity contribution is 7.98. The van der Waals surface area contributed by atoms with Crippen LogP contribution in [0.25, 0.3) is 0 Å². The third-order valence-electron chi connectivity index (χ3n) is 4.69. The Kier molecular flexibility index (Phi) is 7.97. The first-order valence-electron chi connectivity index (χ1n) is 9.38. The summed E-state index contributed by atoms with van der Waals surface area (Å²) in [5.41, 5.74) is -3.92. The fraction of sp³-hybridized carbons (Fsp3) is 0.429. The number of ether oxygens (including phenoxy) is 2. The van der Waals surface area contributed by atoms with Crippen molar-refractivity contribution in [3.63, 3.8) is 0 Å². The third kappa shape index (κ3) is 4.92. The van der Waals surface area contributed by atoms with Gasteiger partial charge in [0, 0.05) is 16.2 Å². The van der Waals surface area contributed by atoms with Gasteiger partial charge in [0.15, 0.2) is 0 Å². The number of benzene rings is 1. The molecule has 0 aliphatic carbocycles. The molecule has 1 aromatic carbocycles. The first-order valence-corrected chi connectivity index (χ1v) is 10.6. The number of hydrogen-bond donors (Lipinski definition) is 1. The van der Waals surface area contributed by atoms with E-state index in [9.17, 15) is 27.2 Å². The molecule has 5 nitrogen and oxygen atoms in total. The van der Waals surface area contributed by atoms with Crippen molar-refractivity contribution in [3.8, 4) is 0 Å². The molecule has 1 heterocycles. The summed E-state index contributed by atoms with van der Waals surface area (Å²) in [4.78, 5) is 25.1. The fourth-order valence-electron chi connectivity index (χ4n) is 3.51. The summed E-state index contributed by atoms with van der Waals surface area (Å²) < 4.78 is 81.1. The van der Waals surface area contributed by atoms with Crippen LogP contribution in [0.3, 0.4) is 0 Å². The molecule has 11 heteroatoms. The van der Waals surface area contributed by atoms with Crippen LogP contribution in [0.15, 0.2) is 39.6 Å². The normalized spacial score (nSPS) is 16.9. The van der Waals surface area contributed by atoms with Crippen molar-refractivity contribution >= 4 is 23.7 Å². The predicted molar refractivity (Wildman–Crippen MR) is 108 cm³/mol. The van der Waals surface area contributed by atoms with E-state index in [-0.39, 0.29) is 10.6 Å². The molecule has 1 aromatic rings. The Bertz CT molecular complexity index is 985. The Balaban J connectivity index is 3.01. The lowest BCUT2D eigenvalue weighted by Crippen LogP contribution is -2.35. The van der Waals surface area contributed by atoms with E-state index in [0.29, 0.717) is 11.8 Å². The molecule has 0 bridgehead atoms. The Labute approximate surface area is 186 Å². The molecular formula is C21H22F5NO4S. The van der Waals surface area contributed by atoms with Crippen molar-refractivity contribution in [2.45, 2.75) is 43.9 Å². The summed E-state index contributed by atoms with van der Waals surface area (Å²) >= 11 is 0.711. The number of methoxy groups -OCH3 is 1. The number of esters is 2. The summed E-state index contributed by atoms with van der Waals surface area (Å²) in [6, 6.07) is 1.76. The number of hydrogen-bond acceptors (Lipinski definition) is 6. The first kappa shape index (κ1) is 25.7. The number of thioether (sulfide) groups is 1. The molecule has 1 N–H and O–H groups in total. The number of alkyl halides is 4. The van der Waals surface area contributed by atoms with E-state index in [1.807, 2.05) is 0 Å². The topological polar surface area (TPSA) is 64.6 Å². The van der Waals surface area contributed by atoms with Crippen LogP contribution in [0.5, 0.6) is 0 Å². The molecule has 1 atom stereocenters. The molecule has 0 spiro atoms. The van der Waals surface area contributed by atoms with E-state index < -0.39 is 70.6 Å². The van der Waals surface area contributed by atoms with E-state index >= 15 is 4.39 Å². The number of carbonyl (C=O) groups excluding carboxylic acids is 2. The number of halogens is 5. The highest BCUT2D eigenvalue weighted by atomic mass is 32.2. The summed E-state index contributed by atoms with van der Waals surface area (Å²) in [5.74, 6) is -5.51. The number of rotatable bonds is 6. The van der Waals surface area contributed by atoms with Crippen molar-refractivity contribution in [1.82, 2.24) is 5.32 Å². The Hall–Kier alpha value is -2.56. The summed E-state index contributed by atoms with van der Waals surface area (Å²) in [5, 5.41) is 2.52.